The van der Waals surface area contributed by atoms with E-state index in [1.54, 1.807) is 28.9 Å². The number of nitrogens with zero attached hydrogens (tertiary/aromatic N) is 2. The van der Waals surface area contributed by atoms with Gasteiger partial charge < -0.3 is 9.80 Å². The summed E-state index contributed by atoms with van der Waals surface area (Å²) in [5, 5.41) is 0. The number of anilines is 1. The second kappa shape index (κ2) is 6.58. The molecule has 0 unspecified atom stereocenters. The molecule has 122 valence electrons. The van der Waals surface area contributed by atoms with E-state index in [1.165, 1.54) is 6.07 Å². The molecule has 0 bridgehead atoms. The van der Waals surface area contributed by atoms with Gasteiger partial charge in [0.25, 0.3) is 0 Å². The average molecular weight is 314 g/mol. The number of hydrogen-bond donors (Lipinski definition) is 0. The van der Waals surface area contributed by atoms with Gasteiger partial charge in [0, 0.05) is 38.3 Å². The molecule has 1 saturated heterocycles. The van der Waals surface area contributed by atoms with Crippen LogP contribution in [0.2, 0.25) is 0 Å². The van der Waals surface area contributed by atoms with Crippen molar-refractivity contribution in [2.75, 3.05) is 31.1 Å². The first kappa shape index (κ1) is 16.6. The highest BCUT2D eigenvalue weighted by atomic mass is 19.4. The number of amides is 1. The number of alkyl halides is 3. The van der Waals surface area contributed by atoms with Gasteiger partial charge in [0.1, 0.15) is 0 Å². The van der Waals surface area contributed by atoms with Gasteiger partial charge in [0.15, 0.2) is 0 Å². The second-order valence-electron chi connectivity index (χ2n) is 5.42. The fourth-order valence-corrected chi connectivity index (χ4v) is 2.73. The predicted octanol–water partition coefficient (Wildman–Crippen LogP) is 3.33. The van der Waals surface area contributed by atoms with Gasteiger partial charge in [-0.2, -0.15) is 13.2 Å². The fraction of sp³-hybridized carbons (Fsp3) is 0.562. The highest BCUT2D eigenvalue weighted by Crippen LogP contribution is 2.37. The third-order valence-electron chi connectivity index (χ3n) is 4.05. The van der Waals surface area contributed by atoms with Crippen LogP contribution >= 0.6 is 0 Å². The molecule has 3 nitrogen and oxygen atoms in total. The Hall–Kier alpha value is -1.72. The smallest absolute Gasteiger partial charge is 0.367 e. The fourth-order valence-electron chi connectivity index (χ4n) is 2.73. The molecule has 0 spiro atoms. The summed E-state index contributed by atoms with van der Waals surface area (Å²) >= 11 is 0. The molecule has 6 heteroatoms. The molecule has 0 N–H and O–H groups in total. The minimum atomic E-state index is -4.36. The van der Waals surface area contributed by atoms with E-state index in [-0.39, 0.29) is 11.6 Å². The van der Waals surface area contributed by atoms with Gasteiger partial charge in [-0.25, -0.2) is 0 Å². The molecule has 0 aromatic heterocycles. The van der Waals surface area contributed by atoms with Crippen LogP contribution in [0, 0.1) is 0 Å². The van der Waals surface area contributed by atoms with E-state index in [2.05, 4.69) is 0 Å². The van der Waals surface area contributed by atoms with Crippen molar-refractivity contribution in [3.63, 3.8) is 0 Å². The predicted molar refractivity (Wildman–Crippen MR) is 79.9 cm³/mol. The van der Waals surface area contributed by atoms with Crippen LogP contribution in [0.25, 0.3) is 0 Å². The molecule has 1 aromatic rings. The summed E-state index contributed by atoms with van der Waals surface area (Å²) in [6.07, 6.45) is -3.36. The molecule has 1 amide bonds. The largest absolute Gasteiger partial charge is 0.418 e. The van der Waals surface area contributed by atoms with Gasteiger partial charge in [-0.1, -0.05) is 19.9 Å². The Labute approximate surface area is 128 Å². The van der Waals surface area contributed by atoms with Gasteiger partial charge in [-0.3, -0.25) is 4.79 Å². The van der Waals surface area contributed by atoms with Crippen molar-refractivity contribution in [1.82, 2.24) is 4.90 Å². The number of piperazine rings is 1. The Balaban J connectivity index is 2.21. The maximum absolute atomic E-state index is 13.3. The molecule has 1 aromatic carbocycles. The molecule has 0 atom stereocenters. The monoisotopic (exact) mass is 314 g/mol. The lowest BCUT2D eigenvalue weighted by atomic mass is 10.0. The molecular weight excluding hydrogens is 293 g/mol. The summed E-state index contributed by atoms with van der Waals surface area (Å²) in [4.78, 5) is 15.1. The topological polar surface area (TPSA) is 23.6 Å². The zero-order valence-electron chi connectivity index (χ0n) is 12.9. The van der Waals surface area contributed by atoms with Crippen molar-refractivity contribution in [1.29, 1.82) is 0 Å². The number of carbonyl (C=O) groups is 1. The molecule has 0 aliphatic carbocycles. The molecule has 0 radical (unpaired) electrons. The number of benzene rings is 1. The lowest BCUT2D eigenvalue weighted by molar-refractivity contribution is -0.137. The van der Waals surface area contributed by atoms with Crippen molar-refractivity contribution in [2.45, 2.75) is 32.9 Å². The molecule has 0 saturated carbocycles. The van der Waals surface area contributed by atoms with Gasteiger partial charge in [0.2, 0.25) is 5.91 Å². The zero-order chi connectivity index (χ0) is 16.3. The normalized spacial score (nSPS) is 16.0. The zero-order valence-corrected chi connectivity index (χ0v) is 12.9. The first-order chi connectivity index (χ1) is 10.4. The number of aryl methyl sites for hydroxylation is 1. The van der Waals surface area contributed by atoms with E-state index in [4.69, 9.17) is 0 Å². The molecule has 1 heterocycles. The summed E-state index contributed by atoms with van der Waals surface area (Å²) in [5.74, 6) is 0.0528. The first-order valence-corrected chi connectivity index (χ1v) is 7.59. The van der Waals surface area contributed by atoms with E-state index >= 15 is 0 Å². The Morgan fingerprint density at radius 3 is 2.27 bits per heavy atom. The average Bonchev–Trinajstić information content (AvgIpc) is 2.53. The summed E-state index contributed by atoms with van der Waals surface area (Å²) in [7, 11) is 0. The Morgan fingerprint density at radius 2 is 1.77 bits per heavy atom. The van der Waals surface area contributed by atoms with E-state index in [0.717, 1.165) is 0 Å². The van der Waals surface area contributed by atoms with Crippen LogP contribution in [0.4, 0.5) is 18.9 Å². The van der Waals surface area contributed by atoms with E-state index in [9.17, 15) is 18.0 Å². The number of halogens is 3. The van der Waals surface area contributed by atoms with Crippen LogP contribution in [0.3, 0.4) is 0 Å². The minimum absolute atomic E-state index is 0.0528. The van der Waals surface area contributed by atoms with Crippen molar-refractivity contribution < 1.29 is 18.0 Å². The van der Waals surface area contributed by atoms with Crippen LogP contribution in [-0.4, -0.2) is 37.0 Å². The number of hydrogen-bond acceptors (Lipinski definition) is 2. The van der Waals surface area contributed by atoms with Crippen LogP contribution in [0.1, 0.15) is 31.4 Å². The summed E-state index contributed by atoms with van der Waals surface area (Å²) < 4.78 is 39.9. The Morgan fingerprint density at radius 1 is 1.14 bits per heavy atom. The van der Waals surface area contributed by atoms with Crippen molar-refractivity contribution in [2.24, 2.45) is 0 Å². The van der Waals surface area contributed by atoms with Crippen molar-refractivity contribution in [3.05, 3.63) is 29.3 Å². The molecule has 22 heavy (non-hydrogen) atoms. The number of rotatable bonds is 3. The van der Waals surface area contributed by atoms with Crippen LogP contribution in [0.5, 0.6) is 0 Å². The third-order valence-corrected chi connectivity index (χ3v) is 4.05. The second-order valence-corrected chi connectivity index (χ2v) is 5.42. The van der Waals surface area contributed by atoms with Crippen LogP contribution in [0.15, 0.2) is 18.2 Å². The summed E-state index contributed by atoms with van der Waals surface area (Å²) in [6, 6.07) is 4.53. The third kappa shape index (κ3) is 3.54. The quantitative estimate of drug-likeness (QED) is 0.854. The molecule has 1 fully saturated rings. The van der Waals surface area contributed by atoms with E-state index in [1.807, 2.05) is 6.92 Å². The van der Waals surface area contributed by atoms with Gasteiger partial charge >= 0.3 is 6.18 Å². The van der Waals surface area contributed by atoms with Gasteiger partial charge in [-0.05, 0) is 24.1 Å². The maximum atomic E-state index is 13.3. The van der Waals surface area contributed by atoms with Crippen LogP contribution in [-0.2, 0) is 17.4 Å². The Kier molecular flexibility index (Phi) is 4.98. The van der Waals surface area contributed by atoms with Crippen molar-refractivity contribution in [3.8, 4) is 0 Å². The minimum Gasteiger partial charge on any atom is -0.367 e. The lowest BCUT2D eigenvalue weighted by Crippen LogP contribution is -2.49. The molecule has 2 rings (SSSR count). The number of carbonyl (C=O) groups excluding carboxylic acids is 1. The van der Waals surface area contributed by atoms with E-state index in [0.29, 0.717) is 44.6 Å². The highest BCUT2D eigenvalue weighted by molar-refractivity contribution is 5.76. The van der Waals surface area contributed by atoms with E-state index < -0.39 is 11.7 Å². The van der Waals surface area contributed by atoms with Crippen molar-refractivity contribution >= 4 is 11.6 Å². The van der Waals surface area contributed by atoms with Gasteiger partial charge in [0.05, 0.1) is 5.56 Å². The molecule has 1 aliphatic rings. The summed E-state index contributed by atoms with van der Waals surface area (Å²) in [5.41, 5.74) is 0.311. The Bertz CT molecular complexity index is 535. The molecular formula is C16H21F3N2O. The molecule has 1 aliphatic heterocycles. The maximum Gasteiger partial charge on any atom is 0.418 e. The standard InChI is InChI=1S/C16H21F3N2O/c1-3-12-5-6-14(13(11-12)16(17,18)19)20-7-9-21(10-8-20)15(22)4-2/h5-6,11H,3-4,7-10H2,1-2H3. The van der Waals surface area contributed by atoms with Crippen LogP contribution < -0.4 is 4.90 Å². The first-order valence-electron chi connectivity index (χ1n) is 7.59. The van der Waals surface area contributed by atoms with Gasteiger partial charge in [-0.15, -0.1) is 0 Å². The summed E-state index contributed by atoms with van der Waals surface area (Å²) in [6.45, 7) is 5.43. The lowest BCUT2D eigenvalue weighted by Gasteiger charge is -2.37. The SMILES string of the molecule is CCC(=O)N1CCN(c2ccc(CC)cc2C(F)(F)F)CC1. The highest BCUT2D eigenvalue weighted by Gasteiger charge is 2.35.